The topological polar surface area (TPSA) is 78.0 Å². The average molecular weight is 572 g/mol. The summed E-state index contributed by atoms with van der Waals surface area (Å²) in [6, 6.07) is 18.5. The lowest BCUT2D eigenvalue weighted by Crippen LogP contribution is -2.05. The van der Waals surface area contributed by atoms with Crippen molar-refractivity contribution in [1.29, 1.82) is 0 Å². The summed E-state index contributed by atoms with van der Waals surface area (Å²) < 4.78 is 72.2. The molecule has 2 aromatic heterocycles. The number of halogens is 4. The van der Waals surface area contributed by atoms with E-state index in [-0.39, 0.29) is 10.7 Å². The van der Waals surface area contributed by atoms with Crippen LogP contribution in [0.2, 0.25) is 5.02 Å². The number of alkyl halides is 3. The molecule has 0 atom stereocenters. The lowest BCUT2D eigenvalue weighted by atomic mass is 9.98. The van der Waals surface area contributed by atoms with Crippen molar-refractivity contribution in [3.63, 3.8) is 0 Å². The molecule has 0 saturated carbocycles. The summed E-state index contributed by atoms with van der Waals surface area (Å²) in [6.45, 7) is 3.15. The predicted octanol–water partition coefficient (Wildman–Crippen LogP) is 7.55. The number of sulfone groups is 1. The van der Waals surface area contributed by atoms with Gasteiger partial charge < -0.3 is 8.98 Å². The molecular formula is C28H21ClF3N3O3S. The number of hydrogen-bond donors (Lipinski definition) is 0. The van der Waals surface area contributed by atoms with Gasteiger partial charge in [0.2, 0.25) is 0 Å². The molecule has 5 aromatic rings. The first kappa shape index (κ1) is 26.7. The van der Waals surface area contributed by atoms with Gasteiger partial charge in [0, 0.05) is 35.5 Å². The maximum Gasteiger partial charge on any atom is 0.434 e. The van der Waals surface area contributed by atoms with Gasteiger partial charge in [-0.25, -0.2) is 18.4 Å². The summed E-state index contributed by atoms with van der Waals surface area (Å²) in [5.74, 6) is 0.802. The molecule has 200 valence electrons. The highest BCUT2D eigenvalue weighted by atomic mass is 35.5. The van der Waals surface area contributed by atoms with Crippen LogP contribution in [0.5, 0.6) is 0 Å². The summed E-state index contributed by atoms with van der Waals surface area (Å²) in [6.07, 6.45) is -2.57. The minimum absolute atomic E-state index is 0.125. The Morgan fingerprint density at radius 1 is 0.897 bits per heavy atom. The molecule has 5 rings (SSSR count). The molecule has 11 heteroatoms. The first-order chi connectivity index (χ1) is 18.3. The fourth-order valence-corrected chi connectivity index (χ4v) is 5.07. The molecule has 0 aliphatic rings. The third kappa shape index (κ3) is 5.35. The molecule has 0 radical (unpaired) electrons. The Kier molecular flexibility index (Phi) is 6.64. The highest BCUT2D eigenvalue weighted by Gasteiger charge is 2.35. The quantitative estimate of drug-likeness (QED) is 0.218. The van der Waals surface area contributed by atoms with Crippen LogP contribution in [0.15, 0.2) is 82.2 Å². The lowest BCUT2D eigenvalue weighted by molar-refractivity contribution is -0.141. The Hall–Kier alpha value is -3.89. The van der Waals surface area contributed by atoms with Crippen LogP contribution >= 0.6 is 11.6 Å². The van der Waals surface area contributed by atoms with Gasteiger partial charge in [-0.2, -0.15) is 13.2 Å². The van der Waals surface area contributed by atoms with E-state index in [0.717, 1.165) is 12.5 Å². The highest BCUT2D eigenvalue weighted by molar-refractivity contribution is 7.90. The molecule has 0 N–H and O–H groups in total. The Labute approximate surface area is 227 Å². The number of aromatic nitrogens is 3. The van der Waals surface area contributed by atoms with E-state index < -0.39 is 21.7 Å². The summed E-state index contributed by atoms with van der Waals surface area (Å²) in [5.41, 5.74) is 2.20. The third-order valence-corrected chi connectivity index (χ3v) is 7.48. The van der Waals surface area contributed by atoms with Crippen LogP contribution in [0.4, 0.5) is 13.2 Å². The zero-order valence-corrected chi connectivity index (χ0v) is 22.5. The molecule has 0 spiro atoms. The maximum absolute atomic E-state index is 13.5. The normalized spacial score (nSPS) is 12.2. The van der Waals surface area contributed by atoms with Crippen molar-refractivity contribution in [3.05, 3.63) is 95.4 Å². The van der Waals surface area contributed by atoms with E-state index in [9.17, 15) is 21.6 Å². The van der Waals surface area contributed by atoms with E-state index in [1.165, 1.54) is 17.6 Å². The van der Waals surface area contributed by atoms with Gasteiger partial charge >= 0.3 is 6.18 Å². The number of aryl methyl sites for hydroxylation is 2. The van der Waals surface area contributed by atoms with Crippen LogP contribution in [0.3, 0.4) is 0 Å². The first-order valence-electron chi connectivity index (χ1n) is 11.6. The molecule has 39 heavy (non-hydrogen) atoms. The monoisotopic (exact) mass is 571 g/mol. The van der Waals surface area contributed by atoms with Crippen LogP contribution in [0, 0.1) is 13.8 Å². The second-order valence-electron chi connectivity index (χ2n) is 8.99. The number of rotatable bonds is 5. The van der Waals surface area contributed by atoms with Crippen LogP contribution < -0.4 is 0 Å². The number of benzene rings is 3. The molecular weight excluding hydrogens is 551 g/mol. The van der Waals surface area contributed by atoms with Crippen molar-refractivity contribution in [1.82, 2.24) is 14.5 Å². The minimum Gasteiger partial charge on any atom is -0.440 e. The third-order valence-electron chi connectivity index (χ3n) is 6.12. The van der Waals surface area contributed by atoms with Gasteiger partial charge in [0.25, 0.3) is 0 Å². The Balaban J connectivity index is 1.77. The number of hydrogen-bond acceptors (Lipinski definition) is 5. The van der Waals surface area contributed by atoms with Crippen LogP contribution in [-0.2, 0) is 16.0 Å². The molecule has 6 nitrogen and oxygen atoms in total. The van der Waals surface area contributed by atoms with Crippen molar-refractivity contribution < 1.29 is 26.0 Å². The van der Waals surface area contributed by atoms with Gasteiger partial charge in [-0.3, -0.25) is 0 Å². The van der Waals surface area contributed by atoms with E-state index in [2.05, 4.69) is 9.97 Å². The maximum atomic E-state index is 13.5. The lowest BCUT2D eigenvalue weighted by Gasteiger charge is -2.14. The number of imidazole rings is 1. The van der Waals surface area contributed by atoms with Crippen molar-refractivity contribution >= 4 is 21.4 Å². The Bertz CT molecular complexity index is 1810. The largest absolute Gasteiger partial charge is 0.440 e. The summed E-state index contributed by atoms with van der Waals surface area (Å²) in [5, 5.41) is 0.530. The van der Waals surface area contributed by atoms with E-state index >= 15 is 0 Å². The average Bonchev–Trinajstić information content (AvgIpc) is 3.46. The predicted molar refractivity (Wildman–Crippen MR) is 143 cm³/mol. The first-order valence-corrected chi connectivity index (χ1v) is 13.9. The van der Waals surface area contributed by atoms with Gasteiger partial charge in [-0.05, 0) is 54.4 Å². The van der Waals surface area contributed by atoms with E-state index in [0.29, 0.717) is 50.3 Å². The molecule has 2 heterocycles. The highest BCUT2D eigenvalue weighted by Crippen LogP contribution is 2.40. The SMILES string of the molecule is Cc1nc(-c2ccc(Cl)cc2)c(-c2cc(-c3cccc(S(C)(=O)=O)c3)ccc2-n2cc(C(F)(F)F)nc2C)o1. The molecule has 0 fully saturated rings. The van der Waals surface area contributed by atoms with Crippen LogP contribution in [-0.4, -0.2) is 29.2 Å². The number of oxazole rings is 1. The van der Waals surface area contributed by atoms with E-state index in [4.69, 9.17) is 16.0 Å². The summed E-state index contributed by atoms with van der Waals surface area (Å²) in [7, 11) is -3.46. The van der Waals surface area contributed by atoms with Crippen molar-refractivity contribution in [3.8, 4) is 39.4 Å². The fourth-order valence-electron chi connectivity index (χ4n) is 4.28. The zero-order valence-electron chi connectivity index (χ0n) is 20.9. The second-order valence-corrected chi connectivity index (χ2v) is 11.4. The zero-order chi connectivity index (χ0) is 28.1. The molecule has 0 amide bonds. The minimum atomic E-state index is -4.63. The van der Waals surface area contributed by atoms with Gasteiger partial charge in [0.15, 0.2) is 27.2 Å². The molecule has 3 aromatic carbocycles. The number of nitrogens with zero attached hydrogens (tertiary/aromatic N) is 3. The molecule has 0 unspecified atom stereocenters. The second kappa shape index (κ2) is 9.69. The Morgan fingerprint density at radius 2 is 1.56 bits per heavy atom. The van der Waals surface area contributed by atoms with Crippen LogP contribution in [0.25, 0.3) is 39.4 Å². The fraction of sp³-hybridized carbons (Fsp3) is 0.143. The smallest absolute Gasteiger partial charge is 0.434 e. The summed E-state index contributed by atoms with van der Waals surface area (Å²) >= 11 is 6.07. The van der Waals surface area contributed by atoms with Gasteiger partial charge in [0.1, 0.15) is 11.5 Å². The van der Waals surface area contributed by atoms with Gasteiger partial charge in [-0.1, -0.05) is 41.9 Å². The van der Waals surface area contributed by atoms with Gasteiger partial charge in [0.05, 0.1) is 10.6 Å². The van der Waals surface area contributed by atoms with Crippen LogP contribution in [0.1, 0.15) is 17.4 Å². The summed E-state index contributed by atoms with van der Waals surface area (Å²) in [4.78, 5) is 8.40. The Morgan fingerprint density at radius 3 is 2.21 bits per heavy atom. The molecule has 0 aliphatic heterocycles. The van der Waals surface area contributed by atoms with Crippen molar-refractivity contribution in [2.75, 3.05) is 6.26 Å². The van der Waals surface area contributed by atoms with Crippen molar-refractivity contribution in [2.24, 2.45) is 0 Å². The van der Waals surface area contributed by atoms with E-state index in [1.807, 2.05) is 0 Å². The standard InChI is InChI=1S/C28H21ClF3N3O3S/c1-16-33-25(28(30,31)32)15-35(16)24-12-9-20(19-5-4-6-22(13-19)39(3,36)37)14-23(24)27-26(34-17(2)38-27)18-7-10-21(29)11-8-18/h4-15H,1-3H3. The molecule has 0 bridgehead atoms. The molecule has 0 saturated heterocycles. The van der Waals surface area contributed by atoms with Crippen molar-refractivity contribution in [2.45, 2.75) is 24.9 Å². The van der Waals surface area contributed by atoms with E-state index in [1.54, 1.807) is 67.6 Å². The molecule has 0 aliphatic carbocycles. The van der Waals surface area contributed by atoms with Gasteiger partial charge in [-0.15, -0.1) is 0 Å².